The number of hydrogen-bond donors (Lipinski definition) is 2. The first-order valence-electron chi connectivity index (χ1n) is 9.95. The fourth-order valence-corrected chi connectivity index (χ4v) is 4.70. The van der Waals surface area contributed by atoms with Crippen molar-refractivity contribution in [2.75, 3.05) is 11.8 Å². The maximum atomic E-state index is 13.0. The molecule has 3 aromatic rings. The van der Waals surface area contributed by atoms with Crippen molar-refractivity contribution in [2.45, 2.75) is 31.7 Å². The van der Waals surface area contributed by atoms with Crippen LogP contribution in [0.1, 0.15) is 40.0 Å². The van der Waals surface area contributed by atoms with E-state index in [0.717, 1.165) is 22.4 Å². The molecule has 3 rings (SSSR count). The van der Waals surface area contributed by atoms with Gasteiger partial charge in [0.1, 0.15) is 10.6 Å². The summed E-state index contributed by atoms with van der Waals surface area (Å²) in [7, 11) is -2.41. The fraction of sp³-hybridized carbons (Fsp3) is 0.208. The quantitative estimate of drug-likeness (QED) is 0.491. The lowest BCUT2D eigenvalue weighted by atomic mass is 10.1. The molecule has 0 spiro atoms. The highest BCUT2D eigenvalue weighted by Crippen LogP contribution is 2.26. The Kier molecular flexibility index (Phi) is 7.11. The smallest absolute Gasteiger partial charge is 0.263 e. The number of carbonyl (C=O) groups excluding carboxylic acids is 1. The van der Waals surface area contributed by atoms with Crippen LogP contribution in [0, 0.1) is 13.8 Å². The third-order valence-corrected chi connectivity index (χ3v) is 7.07. The normalized spacial score (nSPS) is 12.2. The van der Waals surface area contributed by atoms with Crippen molar-refractivity contribution in [1.82, 2.24) is 5.32 Å². The first kappa shape index (κ1) is 23.6. The number of aryl methyl sites for hydroxylation is 2. The average Bonchev–Trinajstić information content (AvgIpc) is 2.76. The van der Waals surface area contributed by atoms with Crippen LogP contribution in [0.5, 0.6) is 5.75 Å². The zero-order valence-electron chi connectivity index (χ0n) is 18.3. The second-order valence-electron chi connectivity index (χ2n) is 7.52. The minimum absolute atomic E-state index is 0.0288. The summed E-state index contributed by atoms with van der Waals surface area (Å²) < 4.78 is 33.6. The van der Waals surface area contributed by atoms with Crippen LogP contribution in [-0.4, -0.2) is 21.4 Å². The zero-order chi connectivity index (χ0) is 23.5. The topological polar surface area (TPSA) is 84.5 Å². The summed E-state index contributed by atoms with van der Waals surface area (Å²) in [5.74, 6) is 0.309. The minimum atomic E-state index is -3.99. The van der Waals surface area contributed by atoms with Crippen molar-refractivity contribution in [3.8, 4) is 5.75 Å². The summed E-state index contributed by atoms with van der Waals surface area (Å²) in [6.45, 7) is 5.68. The van der Waals surface area contributed by atoms with Gasteiger partial charge in [-0.1, -0.05) is 29.8 Å². The molecule has 0 fully saturated rings. The highest BCUT2D eigenvalue weighted by atomic mass is 35.5. The number of carbonyl (C=O) groups is 1. The lowest BCUT2D eigenvalue weighted by molar-refractivity contribution is 0.0939. The van der Waals surface area contributed by atoms with Crippen molar-refractivity contribution in [1.29, 1.82) is 0 Å². The van der Waals surface area contributed by atoms with E-state index < -0.39 is 15.9 Å². The van der Waals surface area contributed by atoms with E-state index in [2.05, 4.69) is 10.0 Å². The lowest BCUT2D eigenvalue weighted by Gasteiger charge is -2.16. The van der Waals surface area contributed by atoms with Gasteiger partial charge in [0.25, 0.3) is 15.9 Å². The van der Waals surface area contributed by atoms with Gasteiger partial charge in [0.05, 0.1) is 18.2 Å². The molecule has 0 saturated heterocycles. The van der Waals surface area contributed by atoms with Gasteiger partial charge in [0.2, 0.25) is 0 Å². The van der Waals surface area contributed by atoms with Crippen molar-refractivity contribution < 1.29 is 17.9 Å². The van der Waals surface area contributed by atoms with Crippen LogP contribution >= 0.6 is 11.6 Å². The molecule has 0 unspecified atom stereocenters. The predicted molar refractivity (Wildman–Crippen MR) is 127 cm³/mol. The van der Waals surface area contributed by atoms with Crippen LogP contribution in [0.3, 0.4) is 0 Å². The van der Waals surface area contributed by atoms with Crippen LogP contribution in [-0.2, 0) is 10.0 Å². The van der Waals surface area contributed by atoms with E-state index in [1.165, 1.54) is 18.2 Å². The molecule has 0 aliphatic rings. The maximum absolute atomic E-state index is 13.0. The van der Waals surface area contributed by atoms with E-state index in [9.17, 15) is 13.2 Å². The zero-order valence-corrected chi connectivity index (χ0v) is 19.8. The van der Waals surface area contributed by atoms with Crippen LogP contribution in [0.25, 0.3) is 0 Å². The van der Waals surface area contributed by atoms with Crippen LogP contribution < -0.4 is 14.8 Å². The Bertz CT molecular complexity index is 1240. The second kappa shape index (κ2) is 9.63. The molecule has 168 valence electrons. The highest BCUT2D eigenvalue weighted by molar-refractivity contribution is 7.92. The molecular weight excluding hydrogens is 448 g/mol. The van der Waals surface area contributed by atoms with E-state index in [4.69, 9.17) is 16.3 Å². The largest absolute Gasteiger partial charge is 0.497 e. The van der Waals surface area contributed by atoms with Gasteiger partial charge in [-0.15, -0.1) is 0 Å². The summed E-state index contributed by atoms with van der Waals surface area (Å²) in [4.78, 5) is 12.6. The van der Waals surface area contributed by atoms with Crippen molar-refractivity contribution in [3.63, 3.8) is 0 Å². The fourth-order valence-electron chi connectivity index (χ4n) is 3.12. The van der Waals surface area contributed by atoms with E-state index >= 15 is 0 Å². The van der Waals surface area contributed by atoms with Crippen molar-refractivity contribution in [2.24, 2.45) is 0 Å². The Balaban J connectivity index is 1.81. The Morgan fingerprint density at radius 2 is 1.66 bits per heavy atom. The number of nitrogens with one attached hydrogen (secondary N) is 2. The van der Waals surface area contributed by atoms with Gasteiger partial charge in [0.15, 0.2) is 0 Å². The summed E-state index contributed by atoms with van der Waals surface area (Å²) in [6, 6.07) is 16.5. The summed E-state index contributed by atoms with van der Waals surface area (Å²) in [6.07, 6.45) is 0. The molecule has 3 aromatic carbocycles. The number of sulfonamides is 1. The predicted octanol–water partition coefficient (Wildman–Crippen LogP) is 5.26. The molecule has 32 heavy (non-hydrogen) atoms. The number of halogens is 1. The van der Waals surface area contributed by atoms with E-state index in [0.29, 0.717) is 5.69 Å². The first-order chi connectivity index (χ1) is 15.1. The summed E-state index contributed by atoms with van der Waals surface area (Å²) in [5.41, 5.74) is 3.51. The van der Waals surface area contributed by atoms with Gasteiger partial charge >= 0.3 is 0 Å². The number of rotatable bonds is 7. The molecule has 0 bridgehead atoms. The molecule has 0 aliphatic carbocycles. The molecule has 1 amide bonds. The van der Waals surface area contributed by atoms with Gasteiger partial charge in [0, 0.05) is 11.3 Å². The van der Waals surface area contributed by atoms with Crippen molar-refractivity contribution in [3.05, 3.63) is 87.9 Å². The third-order valence-electron chi connectivity index (χ3n) is 5.21. The molecule has 6 nitrogen and oxygen atoms in total. The van der Waals surface area contributed by atoms with Gasteiger partial charge < -0.3 is 10.1 Å². The minimum Gasteiger partial charge on any atom is -0.497 e. The summed E-state index contributed by atoms with van der Waals surface area (Å²) in [5, 5.41) is 2.90. The Morgan fingerprint density at radius 3 is 2.28 bits per heavy atom. The molecule has 0 heterocycles. The second-order valence-corrected chi connectivity index (χ2v) is 9.58. The number of anilines is 1. The molecule has 0 saturated carbocycles. The van der Waals surface area contributed by atoms with E-state index in [-0.39, 0.29) is 21.5 Å². The molecule has 2 N–H and O–H groups in total. The third kappa shape index (κ3) is 5.41. The van der Waals surface area contributed by atoms with Crippen LogP contribution in [0.2, 0.25) is 5.02 Å². The van der Waals surface area contributed by atoms with Gasteiger partial charge in [-0.3, -0.25) is 9.52 Å². The highest BCUT2D eigenvalue weighted by Gasteiger charge is 2.21. The lowest BCUT2D eigenvalue weighted by Crippen LogP contribution is -2.27. The SMILES string of the molecule is COc1ccc([C@@H](C)NC(=O)c2ccc(Cl)c(S(=O)(=O)Nc3ccc(C)c(C)c3)c2)cc1. The van der Waals surface area contributed by atoms with Crippen LogP contribution in [0.4, 0.5) is 5.69 Å². The monoisotopic (exact) mass is 472 g/mol. The van der Waals surface area contributed by atoms with Crippen molar-refractivity contribution >= 4 is 33.2 Å². The molecule has 0 radical (unpaired) electrons. The number of methoxy groups -OCH3 is 1. The molecule has 1 atom stereocenters. The maximum Gasteiger partial charge on any atom is 0.263 e. The van der Waals surface area contributed by atoms with E-state index in [1.54, 1.807) is 19.2 Å². The van der Waals surface area contributed by atoms with Gasteiger partial charge in [-0.25, -0.2) is 8.42 Å². The Labute approximate surface area is 193 Å². The first-order valence-corrected chi connectivity index (χ1v) is 11.8. The molecule has 0 aliphatic heterocycles. The molecule has 0 aromatic heterocycles. The van der Waals surface area contributed by atoms with Gasteiger partial charge in [-0.05, 0) is 79.9 Å². The molecule has 8 heteroatoms. The number of benzene rings is 3. The average molecular weight is 473 g/mol. The summed E-state index contributed by atoms with van der Waals surface area (Å²) >= 11 is 6.18. The molecular formula is C24H25ClN2O4S. The standard InChI is InChI=1S/C24H25ClN2O4S/c1-15-5-9-20(13-16(15)2)27-32(29,30)23-14-19(8-12-22(23)25)24(28)26-17(3)18-6-10-21(31-4)11-7-18/h5-14,17,27H,1-4H3,(H,26,28)/t17-/m1/s1. The Hall–Kier alpha value is -3.03. The van der Waals surface area contributed by atoms with Crippen LogP contribution in [0.15, 0.2) is 65.6 Å². The Morgan fingerprint density at radius 1 is 0.969 bits per heavy atom. The number of ether oxygens (including phenoxy) is 1. The number of amides is 1. The van der Waals surface area contributed by atoms with E-state index in [1.807, 2.05) is 51.1 Å². The van der Waals surface area contributed by atoms with Gasteiger partial charge in [-0.2, -0.15) is 0 Å². The number of hydrogen-bond acceptors (Lipinski definition) is 4.